The van der Waals surface area contributed by atoms with E-state index in [9.17, 15) is 0 Å². The average Bonchev–Trinajstić information content (AvgIpc) is 4.01. The van der Waals surface area contributed by atoms with Crippen LogP contribution in [-0.2, 0) is 5.41 Å². The number of nitrogens with zero attached hydrogens (tertiary/aromatic N) is 2. The lowest BCUT2D eigenvalue weighted by Gasteiger charge is -2.22. The van der Waals surface area contributed by atoms with E-state index in [0.29, 0.717) is 0 Å². The summed E-state index contributed by atoms with van der Waals surface area (Å²) in [7, 11) is 0. The summed E-state index contributed by atoms with van der Waals surface area (Å²) in [5.74, 6) is 0. The van der Waals surface area contributed by atoms with Crippen LogP contribution in [0, 0.1) is 0 Å². The molecule has 0 aliphatic heterocycles. The molecule has 0 atom stereocenters. The maximum atomic E-state index is 2.47. The summed E-state index contributed by atoms with van der Waals surface area (Å²) >= 11 is 1.93. The van der Waals surface area contributed by atoms with Gasteiger partial charge in [0.05, 0.1) is 22.1 Å². The van der Waals surface area contributed by atoms with Crippen molar-refractivity contribution in [1.82, 2.24) is 9.13 Å². The molecule has 60 heavy (non-hydrogen) atoms. The lowest BCUT2D eigenvalue weighted by Crippen LogP contribution is -2.14. The minimum Gasteiger partial charge on any atom is -0.309 e. The molecule has 0 saturated carbocycles. The number of thiophene rings is 1. The summed E-state index contributed by atoms with van der Waals surface area (Å²) < 4.78 is 7.57. The van der Waals surface area contributed by atoms with Crippen molar-refractivity contribution in [3.05, 3.63) is 205 Å². The van der Waals surface area contributed by atoms with Gasteiger partial charge in [-0.15, -0.1) is 11.3 Å². The maximum Gasteiger partial charge on any atom is 0.0541 e. The molecule has 0 saturated heterocycles. The number of benzene rings is 9. The number of para-hydroxylation sites is 3. The molecule has 0 bridgehead atoms. The highest BCUT2D eigenvalue weighted by atomic mass is 32.1. The molecule has 0 fully saturated rings. The average molecular weight is 783 g/mol. The largest absolute Gasteiger partial charge is 0.309 e. The Hall–Kier alpha value is -7.20. The van der Waals surface area contributed by atoms with Gasteiger partial charge in [0.2, 0.25) is 0 Å². The van der Waals surface area contributed by atoms with Gasteiger partial charge in [-0.3, -0.25) is 0 Å². The first-order chi connectivity index (χ1) is 29.5. The van der Waals surface area contributed by atoms with Gasteiger partial charge >= 0.3 is 0 Å². The van der Waals surface area contributed by atoms with E-state index in [1.54, 1.807) is 0 Å². The van der Waals surface area contributed by atoms with Crippen molar-refractivity contribution in [2.75, 3.05) is 0 Å². The third-order valence-electron chi connectivity index (χ3n) is 13.3. The molecule has 0 N–H and O–H groups in total. The zero-order valence-corrected chi connectivity index (χ0v) is 34.1. The quantitative estimate of drug-likeness (QED) is 0.168. The van der Waals surface area contributed by atoms with Gasteiger partial charge in [-0.2, -0.15) is 0 Å². The molecular weight excluding hydrogens is 745 g/mol. The van der Waals surface area contributed by atoms with E-state index in [-0.39, 0.29) is 5.41 Å². The standard InChI is InChI=1S/C57H38N2S/c1-57(2)48-27-26-43-42-18-10-12-20-54(42)60-56(43)55(48)44-25-21-38(34-49(44)57)37-24-30-53-47(33-37)46-32-36(23-29-52(46)59(53)40-15-7-4-8-16-40)35-22-28-51-45(31-35)41-17-9-11-19-50(41)58(51)39-13-5-3-6-14-39/h3-34H,1-2H3. The van der Waals surface area contributed by atoms with E-state index in [2.05, 4.69) is 217 Å². The molecule has 0 unspecified atom stereocenters. The fourth-order valence-electron chi connectivity index (χ4n) is 10.4. The summed E-state index contributed by atoms with van der Waals surface area (Å²) in [4.78, 5) is 0. The Labute approximate surface area is 351 Å². The van der Waals surface area contributed by atoms with Crippen molar-refractivity contribution < 1.29 is 0 Å². The van der Waals surface area contributed by atoms with Gasteiger partial charge in [0.1, 0.15) is 0 Å². The molecule has 3 heterocycles. The minimum atomic E-state index is -0.109. The van der Waals surface area contributed by atoms with E-state index >= 15 is 0 Å². The van der Waals surface area contributed by atoms with Gasteiger partial charge in [-0.05, 0) is 118 Å². The molecule has 282 valence electrons. The molecule has 0 amide bonds. The molecule has 3 heteroatoms. The predicted molar refractivity (Wildman–Crippen MR) is 256 cm³/mol. The fraction of sp³-hybridized carbons (Fsp3) is 0.0526. The Kier molecular flexibility index (Phi) is 6.98. The molecule has 9 aromatic carbocycles. The molecule has 13 rings (SSSR count). The number of fused-ring (bicyclic) bond motifs is 13. The molecule has 1 aliphatic carbocycles. The van der Waals surface area contributed by atoms with Crippen molar-refractivity contribution in [2.45, 2.75) is 19.3 Å². The number of rotatable bonds is 4. The molecule has 3 aromatic heterocycles. The second kappa shape index (κ2) is 12.4. The first-order valence-corrected chi connectivity index (χ1v) is 21.7. The van der Waals surface area contributed by atoms with Crippen LogP contribution >= 0.6 is 11.3 Å². The molecule has 0 radical (unpaired) electrons. The van der Waals surface area contributed by atoms with Crippen LogP contribution in [0.2, 0.25) is 0 Å². The summed E-state index contributed by atoms with van der Waals surface area (Å²) in [5, 5.41) is 7.74. The zero-order valence-electron chi connectivity index (χ0n) is 33.3. The minimum absolute atomic E-state index is 0.109. The van der Waals surface area contributed by atoms with Crippen molar-refractivity contribution >= 4 is 75.1 Å². The Morgan fingerprint density at radius 2 is 0.850 bits per heavy atom. The SMILES string of the molecule is CC1(C)c2cc(-c3ccc4c(c3)c3cc(-c5ccc6c(c5)c5ccccc5n6-c5ccccc5)ccc3n4-c3ccccc3)ccc2-c2c1ccc1c2sc2ccccc21. The van der Waals surface area contributed by atoms with E-state index in [1.807, 2.05) is 11.3 Å². The fourth-order valence-corrected chi connectivity index (χ4v) is 11.7. The zero-order chi connectivity index (χ0) is 39.7. The molecule has 1 aliphatic rings. The third-order valence-corrected chi connectivity index (χ3v) is 14.5. The van der Waals surface area contributed by atoms with E-state index < -0.39 is 0 Å². The van der Waals surface area contributed by atoms with Crippen LogP contribution in [0.15, 0.2) is 194 Å². The Morgan fingerprint density at radius 1 is 0.367 bits per heavy atom. The number of hydrogen-bond acceptors (Lipinski definition) is 1. The normalized spacial score (nSPS) is 13.3. The summed E-state index contributed by atoms with van der Waals surface area (Å²) in [6.07, 6.45) is 0. The summed E-state index contributed by atoms with van der Waals surface area (Å²) in [6, 6.07) is 72.1. The first-order valence-electron chi connectivity index (χ1n) is 20.8. The lowest BCUT2D eigenvalue weighted by molar-refractivity contribution is 0.661. The van der Waals surface area contributed by atoms with Crippen molar-refractivity contribution in [2.24, 2.45) is 0 Å². The number of hydrogen-bond donors (Lipinski definition) is 0. The van der Waals surface area contributed by atoms with E-state index in [4.69, 9.17) is 0 Å². The maximum absolute atomic E-state index is 2.47. The summed E-state index contributed by atoms with van der Waals surface area (Å²) in [5.41, 5.74) is 17.6. The van der Waals surface area contributed by atoms with Gasteiger partial charge in [0.25, 0.3) is 0 Å². The topological polar surface area (TPSA) is 9.86 Å². The van der Waals surface area contributed by atoms with Gasteiger partial charge in [-0.1, -0.05) is 129 Å². The second-order valence-electron chi connectivity index (χ2n) is 16.9. The highest BCUT2D eigenvalue weighted by molar-refractivity contribution is 7.26. The van der Waals surface area contributed by atoms with Gasteiger partial charge in [0.15, 0.2) is 0 Å². The second-order valence-corrected chi connectivity index (χ2v) is 18.0. The Balaban J connectivity index is 0.983. The molecule has 12 aromatic rings. The first kappa shape index (κ1) is 33.7. The predicted octanol–water partition coefficient (Wildman–Crippen LogP) is 15.9. The highest BCUT2D eigenvalue weighted by Crippen LogP contribution is 2.54. The van der Waals surface area contributed by atoms with Crippen molar-refractivity contribution in [1.29, 1.82) is 0 Å². The monoisotopic (exact) mass is 782 g/mol. The third kappa shape index (κ3) is 4.70. The molecule has 2 nitrogen and oxygen atoms in total. The van der Waals surface area contributed by atoms with Crippen LogP contribution in [0.5, 0.6) is 0 Å². The van der Waals surface area contributed by atoms with Crippen molar-refractivity contribution in [3.63, 3.8) is 0 Å². The van der Waals surface area contributed by atoms with Crippen LogP contribution in [0.25, 0.3) is 109 Å². The van der Waals surface area contributed by atoms with Crippen LogP contribution in [-0.4, -0.2) is 9.13 Å². The van der Waals surface area contributed by atoms with Crippen LogP contribution < -0.4 is 0 Å². The Bertz CT molecular complexity index is 3730. The smallest absolute Gasteiger partial charge is 0.0541 e. The number of aromatic nitrogens is 2. The van der Waals surface area contributed by atoms with Crippen LogP contribution in [0.3, 0.4) is 0 Å². The Morgan fingerprint density at radius 3 is 1.47 bits per heavy atom. The lowest BCUT2D eigenvalue weighted by atomic mass is 9.81. The van der Waals surface area contributed by atoms with Crippen LogP contribution in [0.1, 0.15) is 25.0 Å². The van der Waals surface area contributed by atoms with Crippen LogP contribution in [0.4, 0.5) is 0 Å². The van der Waals surface area contributed by atoms with E-state index in [1.165, 1.54) is 114 Å². The molecular formula is C57H38N2S. The highest BCUT2D eigenvalue weighted by Gasteiger charge is 2.37. The van der Waals surface area contributed by atoms with E-state index in [0.717, 1.165) is 5.69 Å². The van der Waals surface area contributed by atoms with Gasteiger partial charge < -0.3 is 9.13 Å². The molecule has 0 spiro atoms. The summed E-state index contributed by atoms with van der Waals surface area (Å²) in [6.45, 7) is 4.80. The van der Waals surface area contributed by atoms with Gasteiger partial charge in [0, 0.05) is 64.1 Å². The van der Waals surface area contributed by atoms with Crippen molar-refractivity contribution in [3.8, 4) is 44.8 Å². The van der Waals surface area contributed by atoms with Gasteiger partial charge in [-0.25, -0.2) is 0 Å².